The molecule has 5 heteroatoms. The van der Waals surface area contributed by atoms with Gasteiger partial charge in [-0.05, 0) is 45.4 Å². The molecule has 0 spiro atoms. The number of amides is 1. The maximum absolute atomic E-state index is 11.9. The van der Waals surface area contributed by atoms with Crippen molar-refractivity contribution in [3.63, 3.8) is 0 Å². The van der Waals surface area contributed by atoms with Crippen molar-refractivity contribution in [2.45, 2.75) is 33.3 Å². The lowest BCUT2D eigenvalue weighted by molar-refractivity contribution is 0.0636. The maximum Gasteiger partial charge on any atom is 0.412 e. The summed E-state index contributed by atoms with van der Waals surface area (Å²) in [6, 6.07) is 6.15. The highest BCUT2D eigenvalue weighted by molar-refractivity contribution is 5.86. The van der Waals surface area contributed by atoms with Crippen LogP contribution >= 0.6 is 0 Å². The quantitative estimate of drug-likeness (QED) is 0.880. The summed E-state index contributed by atoms with van der Waals surface area (Å²) in [5.74, 6) is 0. The normalized spacial score (nSPS) is 15.7. The predicted octanol–water partition coefficient (Wildman–Crippen LogP) is 2.75. The van der Waals surface area contributed by atoms with Crippen molar-refractivity contribution in [1.29, 1.82) is 0 Å². The molecule has 1 fully saturated rings. The van der Waals surface area contributed by atoms with E-state index in [-0.39, 0.29) is 0 Å². The minimum absolute atomic E-state index is 0.414. The van der Waals surface area contributed by atoms with E-state index in [1.807, 2.05) is 39.8 Å². The number of hydrogen-bond donors (Lipinski definition) is 2. The third-order valence-corrected chi connectivity index (χ3v) is 3.34. The van der Waals surface area contributed by atoms with Gasteiger partial charge in [0.25, 0.3) is 0 Å². The van der Waals surface area contributed by atoms with Gasteiger partial charge in [-0.3, -0.25) is 5.32 Å². The van der Waals surface area contributed by atoms with E-state index in [0.717, 1.165) is 43.1 Å². The highest BCUT2D eigenvalue weighted by atomic mass is 16.6. The van der Waals surface area contributed by atoms with Crippen molar-refractivity contribution in [3.8, 4) is 0 Å². The van der Waals surface area contributed by atoms with Crippen molar-refractivity contribution in [1.82, 2.24) is 5.32 Å². The largest absolute Gasteiger partial charge is 0.444 e. The molecular formula is C16H25N3O2. The molecule has 1 aliphatic heterocycles. The van der Waals surface area contributed by atoms with Crippen LogP contribution in [0.5, 0.6) is 0 Å². The third kappa shape index (κ3) is 4.63. The minimum atomic E-state index is -0.492. The highest BCUT2D eigenvalue weighted by Crippen LogP contribution is 2.24. The van der Waals surface area contributed by atoms with E-state index in [1.165, 1.54) is 0 Å². The summed E-state index contributed by atoms with van der Waals surface area (Å²) in [6.07, 6.45) is -0.414. The molecular weight excluding hydrogens is 266 g/mol. The van der Waals surface area contributed by atoms with Gasteiger partial charge in [-0.2, -0.15) is 0 Å². The molecule has 0 aliphatic carbocycles. The lowest BCUT2D eigenvalue weighted by Crippen LogP contribution is -2.43. The first-order valence-electron chi connectivity index (χ1n) is 7.41. The molecule has 1 aromatic rings. The number of anilines is 2. The molecule has 0 bridgehead atoms. The van der Waals surface area contributed by atoms with Crippen LogP contribution in [0.15, 0.2) is 18.2 Å². The van der Waals surface area contributed by atoms with Crippen LogP contribution in [-0.2, 0) is 4.74 Å². The van der Waals surface area contributed by atoms with Crippen LogP contribution < -0.4 is 15.5 Å². The number of aryl methyl sites for hydroxylation is 1. The smallest absolute Gasteiger partial charge is 0.412 e. The molecule has 0 radical (unpaired) electrons. The summed E-state index contributed by atoms with van der Waals surface area (Å²) < 4.78 is 5.31. The predicted molar refractivity (Wildman–Crippen MR) is 86.1 cm³/mol. The minimum Gasteiger partial charge on any atom is -0.444 e. The second kappa shape index (κ2) is 6.35. The first kappa shape index (κ1) is 15.6. The third-order valence-electron chi connectivity index (χ3n) is 3.34. The first-order valence-corrected chi connectivity index (χ1v) is 7.41. The second-order valence-electron chi connectivity index (χ2n) is 6.36. The van der Waals surface area contributed by atoms with E-state index in [1.54, 1.807) is 0 Å². The monoisotopic (exact) mass is 291 g/mol. The molecule has 21 heavy (non-hydrogen) atoms. The van der Waals surface area contributed by atoms with Crippen LogP contribution in [0, 0.1) is 6.92 Å². The van der Waals surface area contributed by atoms with Crippen LogP contribution in [0.4, 0.5) is 16.2 Å². The zero-order valence-electron chi connectivity index (χ0n) is 13.3. The molecule has 2 N–H and O–H groups in total. The molecule has 0 aromatic heterocycles. The first-order chi connectivity index (χ1) is 9.85. The summed E-state index contributed by atoms with van der Waals surface area (Å²) in [5, 5.41) is 6.18. The lowest BCUT2D eigenvalue weighted by atomic mass is 10.1. The van der Waals surface area contributed by atoms with Crippen LogP contribution in [-0.4, -0.2) is 37.9 Å². The Labute approximate surface area is 126 Å². The highest BCUT2D eigenvalue weighted by Gasteiger charge is 2.17. The Morgan fingerprint density at radius 3 is 2.57 bits per heavy atom. The number of piperazine rings is 1. The lowest BCUT2D eigenvalue weighted by Gasteiger charge is -2.30. The molecule has 1 amide bonds. The van der Waals surface area contributed by atoms with Gasteiger partial charge in [-0.15, -0.1) is 0 Å². The number of hydrogen-bond acceptors (Lipinski definition) is 4. The zero-order valence-corrected chi connectivity index (χ0v) is 13.3. The van der Waals surface area contributed by atoms with E-state index in [9.17, 15) is 4.79 Å². The van der Waals surface area contributed by atoms with Gasteiger partial charge in [0.2, 0.25) is 0 Å². The van der Waals surface area contributed by atoms with Gasteiger partial charge in [0.05, 0.1) is 0 Å². The van der Waals surface area contributed by atoms with Gasteiger partial charge < -0.3 is 15.0 Å². The summed E-state index contributed by atoms with van der Waals surface area (Å²) >= 11 is 0. The summed E-state index contributed by atoms with van der Waals surface area (Å²) in [7, 11) is 0. The molecule has 0 saturated carbocycles. The van der Waals surface area contributed by atoms with Crippen molar-refractivity contribution < 1.29 is 9.53 Å². The average molecular weight is 291 g/mol. The molecule has 1 saturated heterocycles. The van der Waals surface area contributed by atoms with Gasteiger partial charge in [-0.1, -0.05) is 6.07 Å². The number of carbonyl (C=O) groups excluding carboxylic acids is 1. The van der Waals surface area contributed by atoms with E-state index in [2.05, 4.69) is 21.6 Å². The average Bonchev–Trinajstić information content (AvgIpc) is 2.40. The Kier molecular flexibility index (Phi) is 4.73. The standard InChI is InChI=1S/C16H25N3O2/c1-12-5-6-13(19-9-7-17-8-10-19)11-14(12)18-15(20)21-16(2,3)4/h5-6,11,17H,7-10H2,1-4H3,(H,18,20). The van der Waals surface area contributed by atoms with Crippen LogP contribution in [0.25, 0.3) is 0 Å². The molecule has 1 aliphatic rings. The van der Waals surface area contributed by atoms with Crippen molar-refractivity contribution in [2.75, 3.05) is 36.4 Å². The number of nitrogens with one attached hydrogen (secondary N) is 2. The fourth-order valence-corrected chi connectivity index (χ4v) is 2.28. The second-order valence-corrected chi connectivity index (χ2v) is 6.36. The van der Waals surface area contributed by atoms with Gasteiger partial charge in [0, 0.05) is 37.6 Å². The van der Waals surface area contributed by atoms with E-state index >= 15 is 0 Å². The molecule has 1 aromatic carbocycles. The van der Waals surface area contributed by atoms with E-state index < -0.39 is 11.7 Å². The number of carbonyl (C=O) groups is 1. The Morgan fingerprint density at radius 1 is 1.29 bits per heavy atom. The topological polar surface area (TPSA) is 53.6 Å². The summed E-state index contributed by atoms with van der Waals surface area (Å²) in [4.78, 5) is 14.2. The number of nitrogens with zero attached hydrogens (tertiary/aromatic N) is 1. The molecule has 0 unspecified atom stereocenters. The number of benzene rings is 1. The van der Waals surface area contributed by atoms with Crippen molar-refractivity contribution in [2.24, 2.45) is 0 Å². The van der Waals surface area contributed by atoms with Gasteiger partial charge in [0.1, 0.15) is 5.60 Å². The summed E-state index contributed by atoms with van der Waals surface area (Å²) in [5.41, 5.74) is 2.47. The summed E-state index contributed by atoms with van der Waals surface area (Å²) in [6.45, 7) is 11.5. The molecule has 0 atom stereocenters. The Morgan fingerprint density at radius 2 is 1.95 bits per heavy atom. The Balaban J connectivity index is 2.10. The molecule has 2 rings (SSSR count). The van der Waals surface area contributed by atoms with Crippen molar-refractivity contribution >= 4 is 17.5 Å². The number of ether oxygens (including phenoxy) is 1. The fourth-order valence-electron chi connectivity index (χ4n) is 2.28. The number of rotatable bonds is 2. The van der Waals surface area contributed by atoms with Crippen LogP contribution in [0.1, 0.15) is 26.3 Å². The SMILES string of the molecule is Cc1ccc(N2CCNCC2)cc1NC(=O)OC(C)(C)C. The molecule has 1 heterocycles. The Bertz CT molecular complexity index is 503. The van der Waals surface area contributed by atoms with Crippen LogP contribution in [0.2, 0.25) is 0 Å². The van der Waals surface area contributed by atoms with E-state index in [4.69, 9.17) is 4.74 Å². The zero-order chi connectivity index (χ0) is 15.5. The van der Waals surface area contributed by atoms with Crippen molar-refractivity contribution in [3.05, 3.63) is 23.8 Å². The Hall–Kier alpha value is -1.75. The van der Waals surface area contributed by atoms with Gasteiger partial charge in [-0.25, -0.2) is 4.79 Å². The van der Waals surface area contributed by atoms with Crippen LogP contribution in [0.3, 0.4) is 0 Å². The fraction of sp³-hybridized carbons (Fsp3) is 0.562. The maximum atomic E-state index is 11.9. The molecule has 116 valence electrons. The van der Waals surface area contributed by atoms with Gasteiger partial charge in [0.15, 0.2) is 0 Å². The molecule has 5 nitrogen and oxygen atoms in total. The van der Waals surface area contributed by atoms with Gasteiger partial charge >= 0.3 is 6.09 Å². The van der Waals surface area contributed by atoms with E-state index in [0.29, 0.717) is 0 Å².